The largest absolute Gasteiger partial charge is 0.207 e. The summed E-state index contributed by atoms with van der Waals surface area (Å²) in [5, 5.41) is 0. The van der Waals surface area contributed by atoms with Gasteiger partial charge in [-0.1, -0.05) is 37.6 Å². The van der Waals surface area contributed by atoms with E-state index in [4.69, 9.17) is 0 Å². The average molecular weight is 322 g/mol. The molecular weight excluding hydrogens is 304 g/mol. The van der Waals surface area contributed by atoms with Gasteiger partial charge in [0.1, 0.15) is 5.83 Å². The molecule has 0 radical (unpaired) electrons. The maximum absolute atomic E-state index is 13.8. The zero-order chi connectivity index (χ0) is 16.8. The third kappa shape index (κ3) is 4.68. The molecule has 0 amide bonds. The molecule has 0 aliphatic heterocycles. The molecule has 0 atom stereocenters. The molecule has 0 bridgehead atoms. The molecule has 0 heterocycles. The first-order valence-electron chi connectivity index (χ1n) is 7.59. The van der Waals surface area contributed by atoms with E-state index >= 15 is 0 Å². The maximum atomic E-state index is 13.8. The standard InChI is InChI=1S/C19H18F4/c1-2-3-4-16(20)15-9-7-13(8-10-15)5-6-14-11-17(21)19(23)18(22)12-14/h4,7-12H,2-3,5-6H2,1H3/b16-4+. The number of benzene rings is 2. The molecule has 122 valence electrons. The number of aryl methyl sites for hydroxylation is 2. The number of hydrogen-bond donors (Lipinski definition) is 0. The first-order chi connectivity index (χ1) is 11.0. The van der Waals surface area contributed by atoms with Crippen LogP contribution in [0, 0.1) is 17.5 Å². The quantitative estimate of drug-likeness (QED) is 0.452. The van der Waals surface area contributed by atoms with E-state index in [-0.39, 0.29) is 5.83 Å². The highest BCUT2D eigenvalue weighted by Gasteiger charge is 2.10. The van der Waals surface area contributed by atoms with Crippen LogP contribution in [-0.4, -0.2) is 0 Å². The fraction of sp³-hybridized carbons (Fsp3) is 0.263. The van der Waals surface area contributed by atoms with Crippen LogP contribution in [0.1, 0.15) is 36.5 Å². The molecule has 0 unspecified atom stereocenters. The zero-order valence-corrected chi connectivity index (χ0v) is 12.9. The van der Waals surface area contributed by atoms with Gasteiger partial charge in [0.15, 0.2) is 17.5 Å². The van der Waals surface area contributed by atoms with E-state index in [1.54, 1.807) is 30.3 Å². The van der Waals surface area contributed by atoms with Crippen LogP contribution in [0.15, 0.2) is 42.5 Å². The molecule has 0 nitrogen and oxygen atoms in total. The van der Waals surface area contributed by atoms with Crippen molar-refractivity contribution in [1.82, 2.24) is 0 Å². The van der Waals surface area contributed by atoms with Crippen molar-refractivity contribution in [1.29, 1.82) is 0 Å². The number of halogens is 4. The van der Waals surface area contributed by atoms with Gasteiger partial charge < -0.3 is 0 Å². The molecule has 4 heteroatoms. The van der Waals surface area contributed by atoms with Crippen LogP contribution >= 0.6 is 0 Å². The normalized spacial score (nSPS) is 11.8. The molecule has 0 aromatic heterocycles. The molecule has 0 N–H and O–H groups in total. The molecule has 0 fully saturated rings. The number of allylic oxidation sites excluding steroid dienone is 1. The van der Waals surface area contributed by atoms with Crippen LogP contribution in [-0.2, 0) is 12.8 Å². The lowest BCUT2D eigenvalue weighted by molar-refractivity contribution is 0.445. The Morgan fingerprint density at radius 1 is 0.913 bits per heavy atom. The molecule has 2 rings (SSSR count). The van der Waals surface area contributed by atoms with E-state index in [1.165, 1.54) is 0 Å². The van der Waals surface area contributed by atoms with Gasteiger partial charge in [-0.2, -0.15) is 0 Å². The summed E-state index contributed by atoms with van der Waals surface area (Å²) < 4.78 is 53.0. The molecule has 2 aromatic rings. The van der Waals surface area contributed by atoms with Gasteiger partial charge in [-0.3, -0.25) is 0 Å². The summed E-state index contributed by atoms with van der Waals surface area (Å²) in [5.74, 6) is -4.06. The van der Waals surface area contributed by atoms with Gasteiger partial charge in [-0.25, -0.2) is 17.6 Å². The Labute approximate surface area is 133 Å². The molecule has 0 aliphatic carbocycles. The summed E-state index contributed by atoms with van der Waals surface area (Å²) >= 11 is 0. The van der Waals surface area contributed by atoms with Crippen molar-refractivity contribution in [3.05, 3.63) is 76.6 Å². The van der Waals surface area contributed by atoms with E-state index in [0.717, 1.165) is 24.1 Å². The van der Waals surface area contributed by atoms with Crippen molar-refractivity contribution in [3.8, 4) is 0 Å². The van der Waals surface area contributed by atoms with Crippen molar-refractivity contribution < 1.29 is 17.6 Å². The van der Waals surface area contributed by atoms with E-state index in [1.807, 2.05) is 6.92 Å². The summed E-state index contributed by atoms with van der Waals surface area (Å²) in [4.78, 5) is 0. The third-order valence-corrected chi connectivity index (χ3v) is 3.59. The zero-order valence-electron chi connectivity index (χ0n) is 12.9. The SMILES string of the molecule is CCC/C=C(/F)c1ccc(CCc2cc(F)c(F)c(F)c2)cc1. The molecule has 0 saturated carbocycles. The van der Waals surface area contributed by atoms with Crippen LogP contribution in [0.4, 0.5) is 17.6 Å². The molecule has 23 heavy (non-hydrogen) atoms. The molecule has 0 saturated heterocycles. The van der Waals surface area contributed by atoms with Crippen LogP contribution in [0.2, 0.25) is 0 Å². The van der Waals surface area contributed by atoms with Gasteiger partial charge in [0.2, 0.25) is 0 Å². The molecule has 0 aliphatic rings. The van der Waals surface area contributed by atoms with E-state index < -0.39 is 17.5 Å². The van der Waals surface area contributed by atoms with E-state index in [2.05, 4.69) is 0 Å². The van der Waals surface area contributed by atoms with Gasteiger partial charge in [0, 0.05) is 5.56 Å². The smallest absolute Gasteiger partial charge is 0.194 e. The van der Waals surface area contributed by atoms with Gasteiger partial charge in [0.05, 0.1) is 0 Å². The fourth-order valence-electron chi connectivity index (χ4n) is 2.26. The molecular formula is C19H18F4. The number of rotatable bonds is 6. The van der Waals surface area contributed by atoms with E-state index in [9.17, 15) is 17.6 Å². The minimum absolute atomic E-state index is 0.249. The minimum atomic E-state index is -1.45. The summed E-state index contributed by atoms with van der Waals surface area (Å²) in [7, 11) is 0. The lowest BCUT2D eigenvalue weighted by Gasteiger charge is -2.05. The minimum Gasteiger partial charge on any atom is -0.207 e. The first-order valence-corrected chi connectivity index (χ1v) is 7.59. The second-order valence-electron chi connectivity index (χ2n) is 5.41. The summed E-state index contributed by atoms with van der Waals surface area (Å²) in [6.07, 6.45) is 4.04. The van der Waals surface area contributed by atoms with Crippen LogP contribution in [0.25, 0.3) is 5.83 Å². The summed E-state index contributed by atoms with van der Waals surface area (Å²) in [5.41, 5.74) is 1.82. The predicted octanol–water partition coefficient (Wildman–Crippen LogP) is 6.00. The van der Waals surface area contributed by atoms with Crippen molar-refractivity contribution in [3.63, 3.8) is 0 Å². The van der Waals surface area contributed by atoms with E-state index in [0.29, 0.717) is 30.4 Å². The van der Waals surface area contributed by atoms with Gasteiger partial charge in [-0.15, -0.1) is 0 Å². The summed E-state index contributed by atoms with van der Waals surface area (Å²) in [6, 6.07) is 8.93. The second-order valence-corrected chi connectivity index (χ2v) is 5.41. The highest BCUT2D eigenvalue weighted by Crippen LogP contribution is 2.19. The topological polar surface area (TPSA) is 0 Å². The Bertz CT molecular complexity index is 664. The Hall–Kier alpha value is -2.10. The lowest BCUT2D eigenvalue weighted by atomic mass is 10.0. The Balaban J connectivity index is 2.02. The van der Waals surface area contributed by atoms with Gasteiger partial charge in [-0.05, 0) is 48.6 Å². The van der Waals surface area contributed by atoms with Crippen LogP contribution in [0.3, 0.4) is 0 Å². The third-order valence-electron chi connectivity index (χ3n) is 3.59. The highest BCUT2D eigenvalue weighted by atomic mass is 19.2. The molecule has 2 aromatic carbocycles. The Morgan fingerprint density at radius 3 is 2.04 bits per heavy atom. The fourth-order valence-corrected chi connectivity index (χ4v) is 2.26. The van der Waals surface area contributed by atoms with Gasteiger partial charge in [0.25, 0.3) is 0 Å². The monoisotopic (exact) mass is 322 g/mol. The number of unbranched alkanes of at least 4 members (excludes halogenated alkanes) is 1. The van der Waals surface area contributed by atoms with Crippen LogP contribution in [0.5, 0.6) is 0 Å². The highest BCUT2D eigenvalue weighted by molar-refractivity contribution is 5.59. The maximum Gasteiger partial charge on any atom is 0.194 e. The second kappa shape index (κ2) is 7.95. The summed E-state index contributed by atoms with van der Waals surface area (Å²) in [6.45, 7) is 1.98. The van der Waals surface area contributed by atoms with Crippen LogP contribution < -0.4 is 0 Å². The number of hydrogen-bond acceptors (Lipinski definition) is 0. The van der Waals surface area contributed by atoms with Crippen molar-refractivity contribution in [2.75, 3.05) is 0 Å². The molecule has 0 spiro atoms. The lowest BCUT2D eigenvalue weighted by Crippen LogP contribution is -1.97. The predicted molar refractivity (Wildman–Crippen MR) is 84.2 cm³/mol. The van der Waals surface area contributed by atoms with Crippen molar-refractivity contribution in [2.24, 2.45) is 0 Å². The average Bonchev–Trinajstić information content (AvgIpc) is 2.56. The van der Waals surface area contributed by atoms with Gasteiger partial charge >= 0.3 is 0 Å². The Morgan fingerprint density at radius 2 is 1.48 bits per heavy atom. The van der Waals surface area contributed by atoms with Crippen molar-refractivity contribution in [2.45, 2.75) is 32.6 Å². The first kappa shape index (κ1) is 17.3. The Kier molecular flexibility index (Phi) is 5.97. The van der Waals surface area contributed by atoms with Crippen molar-refractivity contribution >= 4 is 5.83 Å².